The van der Waals surface area contributed by atoms with Crippen LogP contribution in [0.5, 0.6) is 0 Å². The van der Waals surface area contributed by atoms with E-state index in [4.69, 9.17) is 23.2 Å². The number of sulfonamides is 1. The van der Waals surface area contributed by atoms with Gasteiger partial charge in [-0.05, 0) is 74.7 Å². The van der Waals surface area contributed by atoms with Crippen molar-refractivity contribution in [3.8, 4) is 0 Å². The van der Waals surface area contributed by atoms with E-state index in [0.29, 0.717) is 27.7 Å². The highest BCUT2D eigenvalue weighted by molar-refractivity contribution is 7.92. The zero-order valence-corrected chi connectivity index (χ0v) is 28.7. The van der Waals surface area contributed by atoms with Crippen LogP contribution in [0.3, 0.4) is 0 Å². The highest BCUT2D eigenvalue weighted by Gasteiger charge is 2.35. The molecule has 10 heteroatoms. The van der Waals surface area contributed by atoms with Crippen LogP contribution in [-0.2, 0) is 32.6 Å². The van der Waals surface area contributed by atoms with Crippen molar-refractivity contribution in [1.82, 2.24) is 10.2 Å². The predicted octanol–water partition coefficient (Wildman–Crippen LogP) is 7.36. The summed E-state index contributed by atoms with van der Waals surface area (Å²) in [6, 6.07) is 26.7. The first-order valence-electron chi connectivity index (χ1n) is 15.1. The lowest BCUT2D eigenvalue weighted by atomic mass is 10.0. The molecule has 46 heavy (non-hydrogen) atoms. The van der Waals surface area contributed by atoms with E-state index in [-0.39, 0.29) is 29.8 Å². The highest BCUT2D eigenvalue weighted by atomic mass is 35.5. The van der Waals surface area contributed by atoms with E-state index in [1.54, 1.807) is 48.5 Å². The van der Waals surface area contributed by atoms with Gasteiger partial charge in [0.05, 0.1) is 10.6 Å². The van der Waals surface area contributed by atoms with Gasteiger partial charge >= 0.3 is 0 Å². The molecule has 0 spiro atoms. The topological polar surface area (TPSA) is 86.8 Å². The monoisotopic (exact) mass is 679 g/mol. The van der Waals surface area contributed by atoms with Crippen molar-refractivity contribution in [2.24, 2.45) is 0 Å². The van der Waals surface area contributed by atoms with Crippen LogP contribution in [0.25, 0.3) is 0 Å². The van der Waals surface area contributed by atoms with Gasteiger partial charge in [-0.15, -0.1) is 0 Å². The van der Waals surface area contributed by atoms with E-state index >= 15 is 0 Å². The Morgan fingerprint density at radius 3 is 2.07 bits per heavy atom. The number of nitrogens with zero attached hydrogens (tertiary/aromatic N) is 2. The van der Waals surface area contributed by atoms with Crippen LogP contribution >= 0.6 is 23.2 Å². The van der Waals surface area contributed by atoms with Crippen LogP contribution < -0.4 is 9.62 Å². The second-order valence-electron chi connectivity index (χ2n) is 11.4. The minimum absolute atomic E-state index is 0.0449. The van der Waals surface area contributed by atoms with Crippen molar-refractivity contribution in [3.05, 3.63) is 129 Å². The molecule has 4 aromatic rings. The number of anilines is 1. The Bertz CT molecular complexity index is 1750. The molecule has 1 N–H and O–H groups in total. The molecule has 242 valence electrons. The molecule has 2 amide bonds. The van der Waals surface area contributed by atoms with Gasteiger partial charge in [0.1, 0.15) is 12.6 Å². The smallest absolute Gasteiger partial charge is 0.264 e. The molecule has 4 aromatic carbocycles. The molecular formula is C36H39Cl2N3O4S. The van der Waals surface area contributed by atoms with E-state index in [1.165, 1.54) is 17.0 Å². The summed E-state index contributed by atoms with van der Waals surface area (Å²) in [6.45, 7) is 6.89. The molecule has 0 saturated heterocycles. The Kier molecular flexibility index (Phi) is 11.9. The van der Waals surface area contributed by atoms with Gasteiger partial charge in [-0.1, -0.05) is 96.4 Å². The maximum Gasteiger partial charge on any atom is 0.264 e. The average Bonchev–Trinajstić information content (AvgIpc) is 3.03. The zero-order chi connectivity index (χ0) is 33.4. The van der Waals surface area contributed by atoms with Gasteiger partial charge in [-0.2, -0.15) is 0 Å². The molecule has 0 fully saturated rings. The Balaban J connectivity index is 1.84. The van der Waals surface area contributed by atoms with E-state index < -0.39 is 28.5 Å². The number of rotatable bonds is 13. The number of carbonyl (C=O) groups excluding carboxylic acids is 2. The van der Waals surface area contributed by atoms with Crippen molar-refractivity contribution in [2.75, 3.05) is 10.8 Å². The van der Waals surface area contributed by atoms with E-state index in [1.807, 2.05) is 64.1 Å². The number of hydrogen-bond acceptors (Lipinski definition) is 4. The first-order valence-corrected chi connectivity index (χ1v) is 17.3. The number of amides is 2. The minimum atomic E-state index is -4.20. The maximum absolute atomic E-state index is 14.6. The van der Waals surface area contributed by atoms with Crippen molar-refractivity contribution in [1.29, 1.82) is 0 Å². The summed E-state index contributed by atoms with van der Waals surface area (Å²) in [5.74, 6) is -0.952. The second-order valence-corrected chi connectivity index (χ2v) is 14.1. The summed E-state index contributed by atoms with van der Waals surface area (Å²) in [5, 5.41) is 3.68. The molecule has 0 aliphatic heterocycles. The molecule has 7 nitrogen and oxygen atoms in total. The molecule has 0 saturated carbocycles. The van der Waals surface area contributed by atoms with Crippen LogP contribution in [-0.4, -0.2) is 43.8 Å². The molecule has 0 radical (unpaired) electrons. The fourth-order valence-electron chi connectivity index (χ4n) is 5.00. The Morgan fingerprint density at radius 1 is 0.826 bits per heavy atom. The number of aryl methyl sites for hydroxylation is 2. The fourth-order valence-corrected chi connectivity index (χ4v) is 6.92. The van der Waals surface area contributed by atoms with E-state index in [2.05, 4.69) is 5.32 Å². The van der Waals surface area contributed by atoms with Gasteiger partial charge in [-0.25, -0.2) is 8.42 Å². The number of halogens is 2. The third-order valence-electron chi connectivity index (χ3n) is 7.84. The molecular weight excluding hydrogens is 641 g/mol. The third-order valence-corrected chi connectivity index (χ3v) is 10.3. The lowest BCUT2D eigenvalue weighted by Crippen LogP contribution is -2.54. The van der Waals surface area contributed by atoms with E-state index in [9.17, 15) is 18.0 Å². The molecule has 0 aromatic heterocycles. The van der Waals surface area contributed by atoms with Gasteiger partial charge in [0.25, 0.3) is 10.0 Å². The largest absolute Gasteiger partial charge is 0.352 e. The summed E-state index contributed by atoms with van der Waals surface area (Å²) in [6.07, 6.45) is 0.871. The summed E-state index contributed by atoms with van der Waals surface area (Å²) >= 11 is 13.2. The maximum atomic E-state index is 14.6. The summed E-state index contributed by atoms with van der Waals surface area (Å²) in [5.41, 5.74) is 3.34. The Morgan fingerprint density at radius 2 is 1.46 bits per heavy atom. The quantitative estimate of drug-likeness (QED) is 0.160. The van der Waals surface area contributed by atoms with Gasteiger partial charge in [0.2, 0.25) is 11.8 Å². The van der Waals surface area contributed by atoms with Crippen LogP contribution in [0.1, 0.15) is 42.5 Å². The van der Waals surface area contributed by atoms with Gasteiger partial charge in [0, 0.05) is 34.6 Å². The summed E-state index contributed by atoms with van der Waals surface area (Å²) < 4.78 is 29.5. The van der Waals surface area contributed by atoms with Gasteiger partial charge in [-0.3, -0.25) is 13.9 Å². The number of hydrogen-bond donors (Lipinski definition) is 1. The Labute approximate surface area is 282 Å². The molecule has 4 rings (SSSR count). The zero-order valence-electron chi connectivity index (χ0n) is 26.4. The Hall–Kier alpha value is -3.85. The van der Waals surface area contributed by atoms with Crippen LogP contribution in [0.4, 0.5) is 5.69 Å². The fraction of sp³-hybridized carbons (Fsp3) is 0.278. The van der Waals surface area contributed by atoms with Crippen LogP contribution in [0, 0.1) is 13.8 Å². The van der Waals surface area contributed by atoms with Crippen molar-refractivity contribution < 1.29 is 18.0 Å². The molecule has 0 aliphatic carbocycles. The number of carbonyl (C=O) groups is 2. The lowest BCUT2D eigenvalue weighted by molar-refractivity contribution is -0.140. The normalized spacial score (nSPS) is 12.7. The SMILES string of the molecule is CC[C@H](C)NC(=O)[C@@H](Cc1ccccc1)N(Cc1c(Cl)cccc1Cl)C(=O)CN(c1cccc(C)c1)S(=O)(=O)c1ccc(C)cc1. The molecule has 0 aliphatic rings. The van der Waals surface area contributed by atoms with E-state index in [0.717, 1.165) is 21.0 Å². The third kappa shape index (κ3) is 8.69. The van der Waals surface area contributed by atoms with Crippen molar-refractivity contribution in [3.63, 3.8) is 0 Å². The summed E-state index contributed by atoms with van der Waals surface area (Å²) in [7, 11) is -4.20. The van der Waals surface area contributed by atoms with Crippen LogP contribution in [0.2, 0.25) is 10.0 Å². The standard InChI is InChI=1S/C36H39Cl2N3O4S/c1-5-27(4)39-36(43)34(22-28-12-7-6-8-13-28)40(23-31-32(37)15-10-16-33(31)38)35(42)24-41(29-14-9-11-26(3)21-29)46(44,45)30-19-17-25(2)18-20-30/h6-21,27,34H,5,22-24H2,1-4H3,(H,39,43)/t27-,34+/m0/s1. The lowest BCUT2D eigenvalue weighted by Gasteiger charge is -2.34. The molecule has 2 atom stereocenters. The average molecular weight is 681 g/mol. The molecule has 0 heterocycles. The summed E-state index contributed by atoms with van der Waals surface area (Å²) in [4.78, 5) is 30.0. The first-order chi connectivity index (χ1) is 21.9. The first kappa shape index (κ1) is 35.0. The number of benzene rings is 4. The highest BCUT2D eigenvalue weighted by Crippen LogP contribution is 2.29. The van der Waals surface area contributed by atoms with Crippen molar-refractivity contribution in [2.45, 2.75) is 64.1 Å². The van der Waals surface area contributed by atoms with Crippen molar-refractivity contribution >= 4 is 50.7 Å². The number of nitrogens with one attached hydrogen (secondary N) is 1. The van der Waals surface area contributed by atoms with Crippen LogP contribution in [0.15, 0.2) is 102 Å². The molecule has 0 bridgehead atoms. The van der Waals surface area contributed by atoms with Gasteiger partial charge in [0.15, 0.2) is 0 Å². The predicted molar refractivity (Wildman–Crippen MR) is 186 cm³/mol. The minimum Gasteiger partial charge on any atom is -0.352 e. The second kappa shape index (κ2) is 15.6. The molecule has 0 unspecified atom stereocenters. The van der Waals surface area contributed by atoms with Gasteiger partial charge < -0.3 is 10.2 Å².